The number of hydrogen-bond acceptors (Lipinski definition) is 6. The zero-order valence-electron chi connectivity index (χ0n) is 17.8. The second-order valence-electron chi connectivity index (χ2n) is 8.27. The van der Waals surface area contributed by atoms with E-state index in [1.165, 1.54) is 18.4 Å². The summed E-state index contributed by atoms with van der Waals surface area (Å²) >= 11 is 0. The van der Waals surface area contributed by atoms with E-state index >= 15 is 0 Å². The third-order valence-corrected chi connectivity index (χ3v) is 6.23. The van der Waals surface area contributed by atoms with Gasteiger partial charge >= 0.3 is 0 Å². The van der Waals surface area contributed by atoms with Gasteiger partial charge in [-0.3, -0.25) is 9.59 Å². The van der Waals surface area contributed by atoms with Crippen LogP contribution in [-0.4, -0.2) is 52.7 Å². The third-order valence-electron chi connectivity index (χ3n) is 6.23. The molecule has 7 nitrogen and oxygen atoms in total. The average Bonchev–Trinajstić information content (AvgIpc) is 3.33. The van der Waals surface area contributed by atoms with Crippen LogP contribution in [-0.2, 0) is 6.42 Å². The van der Waals surface area contributed by atoms with Crippen molar-refractivity contribution < 1.29 is 18.4 Å². The predicted molar refractivity (Wildman–Crippen MR) is 115 cm³/mol. The fourth-order valence-corrected chi connectivity index (χ4v) is 4.54. The zero-order chi connectivity index (χ0) is 22.2. The molecule has 2 aromatic heterocycles. The summed E-state index contributed by atoms with van der Waals surface area (Å²) in [7, 11) is 0. The molecule has 8 heteroatoms. The number of carbonyl (C=O) groups excluding carboxylic acids is 2. The van der Waals surface area contributed by atoms with Gasteiger partial charge in [-0.05, 0) is 49.1 Å². The fraction of sp³-hybridized carbons (Fsp3) is 0.333. The minimum Gasteiger partial charge on any atom is -0.459 e. The van der Waals surface area contributed by atoms with E-state index in [1.807, 2.05) is 11.8 Å². The molecular formula is C24H23FN4O3. The minimum absolute atomic E-state index is 0.0264. The number of furan rings is 1. The molecule has 1 aliphatic carbocycles. The van der Waals surface area contributed by atoms with Crippen molar-refractivity contribution in [2.24, 2.45) is 0 Å². The first-order chi connectivity index (χ1) is 15.5. The molecule has 0 saturated carbocycles. The number of piperazine rings is 1. The molecule has 3 heterocycles. The van der Waals surface area contributed by atoms with Crippen LogP contribution in [0.5, 0.6) is 0 Å². The normalized spacial score (nSPS) is 18.6. The summed E-state index contributed by atoms with van der Waals surface area (Å²) in [5.74, 6) is 0.508. The van der Waals surface area contributed by atoms with Crippen LogP contribution < -0.4 is 4.90 Å². The number of Topliss-reactive ketones (excluding diaryl/α,β-unsaturated/α-hetero) is 1. The predicted octanol–water partition coefficient (Wildman–Crippen LogP) is 3.39. The molecule has 0 radical (unpaired) electrons. The molecule has 2 aliphatic rings. The molecule has 32 heavy (non-hydrogen) atoms. The van der Waals surface area contributed by atoms with Crippen molar-refractivity contribution in [2.75, 3.05) is 31.1 Å². The summed E-state index contributed by atoms with van der Waals surface area (Å²) in [4.78, 5) is 38.5. The first-order valence-corrected chi connectivity index (χ1v) is 10.7. The lowest BCUT2D eigenvalue weighted by atomic mass is 9.81. The van der Waals surface area contributed by atoms with Gasteiger partial charge in [-0.25, -0.2) is 14.4 Å². The van der Waals surface area contributed by atoms with E-state index in [-0.39, 0.29) is 23.4 Å². The largest absolute Gasteiger partial charge is 0.459 e. The Labute approximate surface area is 184 Å². The molecular weight excluding hydrogens is 411 g/mol. The molecule has 0 N–H and O–H groups in total. The second-order valence-corrected chi connectivity index (χ2v) is 8.27. The Morgan fingerprint density at radius 3 is 2.50 bits per heavy atom. The number of anilines is 1. The topological polar surface area (TPSA) is 79.5 Å². The lowest BCUT2D eigenvalue weighted by molar-refractivity contribution is 0.0713. The van der Waals surface area contributed by atoms with Crippen LogP contribution in [0.3, 0.4) is 0 Å². The van der Waals surface area contributed by atoms with Gasteiger partial charge in [0, 0.05) is 32.6 Å². The van der Waals surface area contributed by atoms with Crippen molar-refractivity contribution in [3.8, 4) is 0 Å². The van der Waals surface area contributed by atoms with Gasteiger partial charge in [0.25, 0.3) is 5.91 Å². The Hall–Kier alpha value is -3.55. The lowest BCUT2D eigenvalue weighted by Crippen LogP contribution is -2.49. The summed E-state index contributed by atoms with van der Waals surface area (Å²) in [6, 6.07) is 9.70. The Bertz CT molecular complexity index is 1150. The minimum atomic E-state index is -0.290. The SMILES string of the molecule is Cc1nc(N2CCN(C(=O)c3ccco3)CC2)nc2c1C(=O)C[C@H](c1ccc(F)cc1)C2. The monoisotopic (exact) mass is 434 g/mol. The highest BCUT2D eigenvalue weighted by molar-refractivity contribution is 5.99. The van der Waals surface area contributed by atoms with E-state index in [9.17, 15) is 14.0 Å². The van der Waals surface area contributed by atoms with E-state index < -0.39 is 0 Å². The first kappa shape index (κ1) is 20.4. The number of amides is 1. The molecule has 1 saturated heterocycles. The number of aryl methyl sites for hydroxylation is 1. The number of fused-ring (bicyclic) bond motifs is 1. The van der Waals surface area contributed by atoms with Crippen molar-refractivity contribution in [3.05, 3.63) is 76.8 Å². The summed E-state index contributed by atoms with van der Waals surface area (Å²) < 4.78 is 18.5. The number of halogens is 1. The van der Waals surface area contributed by atoms with Crippen LogP contribution in [0.2, 0.25) is 0 Å². The quantitative estimate of drug-likeness (QED) is 0.629. The molecule has 164 valence electrons. The maximum Gasteiger partial charge on any atom is 0.289 e. The molecule has 1 aromatic carbocycles. The van der Waals surface area contributed by atoms with Crippen LogP contribution in [0.25, 0.3) is 0 Å². The van der Waals surface area contributed by atoms with Gasteiger partial charge in [0.05, 0.1) is 23.2 Å². The Morgan fingerprint density at radius 2 is 1.81 bits per heavy atom. The number of nitrogens with zero attached hydrogens (tertiary/aromatic N) is 4. The Balaban J connectivity index is 1.34. The number of hydrogen-bond donors (Lipinski definition) is 0. The molecule has 0 bridgehead atoms. The maximum absolute atomic E-state index is 13.3. The molecule has 0 spiro atoms. The molecule has 3 aromatic rings. The van der Waals surface area contributed by atoms with Gasteiger partial charge in [0.15, 0.2) is 11.5 Å². The summed E-state index contributed by atoms with van der Waals surface area (Å²) in [5, 5.41) is 0. The van der Waals surface area contributed by atoms with E-state index in [0.717, 1.165) is 11.3 Å². The van der Waals surface area contributed by atoms with Crippen LogP contribution in [0.4, 0.5) is 10.3 Å². The Morgan fingerprint density at radius 1 is 1.06 bits per heavy atom. The smallest absolute Gasteiger partial charge is 0.289 e. The van der Waals surface area contributed by atoms with E-state index in [2.05, 4.69) is 4.98 Å². The number of rotatable bonds is 3. The van der Waals surface area contributed by atoms with Crippen molar-refractivity contribution in [3.63, 3.8) is 0 Å². The fourth-order valence-electron chi connectivity index (χ4n) is 4.54. The standard InChI is InChI=1S/C24H23FN4O3/c1-15-22-19(13-17(14-20(22)30)16-4-6-18(25)7-5-16)27-24(26-15)29-10-8-28(9-11-29)23(31)21-3-2-12-32-21/h2-7,12,17H,8-11,13-14H2,1H3/t17-/m1/s1. The highest BCUT2D eigenvalue weighted by Crippen LogP contribution is 2.34. The van der Waals surface area contributed by atoms with Crippen molar-refractivity contribution in [2.45, 2.75) is 25.7 Å². The number of aromatic nitrogens is 2. The maximum atomic E-state index is 13.3. The highest BCUT2D eigenvalue weighted by atomic mass is 19.1. The van der Waals surface area contributed by atoms with Crippen LogP contribution in [0.1, 0.15) is 50.2 Å². The third kappa shape index (κ3) is 3.77. The van der Waals surface area contributed by atoms with Gasteiger partial charge in [0.1, 0.15) is 5.82 Å². The van der Waals surface area contributed by atoms with Gasteiger partial charge in [-0.2, -0.15) is 0 Å². The average molecular weight is 434 g/mol. The number of benzene rings is 1. The van der Waals surface area contributed by atoms with Crippen LogP contribution in [0, 0.1) is 12.7 Å². The summed E-state index contributed by atoms with van der Waals surface area (Å²) in [6.45, 7) is 4.11. The van der Waals surface area contributed by atoms with E-state index in [1.54, 1.807) is 29.2 Å². The molecule has 0 unspecified atom stereocenters. The van der Waals surface area contributed by atoms with E-state index in [0.29, 0.717) is 62.0 Å². The number of carbonyl (C=O) groups is 2. The van der Waals surface area contributed by atoms with Gasteiger partial charge < -0.3 is 14.2 Å². The van der Waals surface area contributed by atoms with E-state index in [4.69, 9.17) is 9.40 Å². The highest BCUT2D eigenvalue weighted by Gasteiger charge is 2.31. The second kappa shape index (κ2) is 8.18. The van der Waals surface area contributed by atoms with Crippen molar-refractivity contribution >= 4 is 17.6 Å². The molecule has 5 rings (SSSR count). The number of ketones is 1. The molecule has 1 fully saturated rings. The summed E-state index contributed by atoms with van der Waals surface area (Å²) in [5.41, 5.74) is 2.97. The van der Waals surface area contributed by atoms with Crippen molar-refractivity contribution in [1.82, 2.24) is 14.9 Å². The Kier molecular flexibility index (Phi) is 5.20. The molecule has 1 atom stereocenters. The molecule has 1 amide bonds. The summed E-state index contributed by atoms with van der Waals surface area (Å²) in [6.07, 6.45) is 2.48. The van der Waals surface area contributed by atoms with Crippen LogP contribution >= 0.6 is 0 Å². The van der Waals surface area contributed by atoms with Crippen LogP contribution in [0.15, 0.2) is 47.1 Å². The van der Waals surface area contributed by atoms with Gasteiger partial charge in [-0.1, -0.05) is 12.1 Å². The van der Waals surface area contributed by atoms with Gasteiger partial charge in [-0.15, -0.1) is 0 Å². The van der Waals surface area contributed by atoms with Crippen molar-refractivity contribution in [1.29, 1.82) is 0 Å². The molecule has 1 aliphatic heterocycles. The first-order valence-electron chi connectivity index (χ1n) is 10.7. The lowest BCUT2D eigenvalue weighted by Gasteiger charge is -2.35. The zero-order valence-corrected chi connectivity index (χ0v) is 17.8. The van der Waals surface area contributed by atoms with Gasteiger partial charge in [0.2, 0.25) is 5.95 Å².